The van der Waals surface area contributed by atoms with Crippen LogP contribution in [-0.2, 0) is 9.53 Å². The Hall–Kier alpha value is -3.60. The van der Waals surface area contributed by atoms with Crippen LogP contribution in [0.3, 0.4) is 0 Å². The highest BCUT2D eigenvalue weighted by molar-refractivity contribution is 5.90. The Morgan fingerprint density at radius 3 is 2.41 bits per heavy atom. The van der Waals surface area contributed by atoms with Crippen LogP contribution in [0.4, 0.5) is 14.9 Å². The van der Waals surface area contributed by atoms with Gasteiger partial charge in [0.1, 0.15) is 23.0 Å². The van der Waals surface area contributed by atoms with Gasteiger partial charge in [-0.2, -0.15) is 5.26 Å². The Bertz CT molecular complexity index is 1180. The van der Waals surface area contributed by atoms with Crippen LogP contribution in [0.2, 0.25) is 0 Å². The maximum absolute atomic E-state index is 13.5. The summed E-state index contributed by atoms with van der Waals surface area (Å²) in [5.74, 6) is -0.473. The van der Waals surface area contributed by atoms with Gasteiger partial charge in [-0.3, -0.25) is 4.79 Å². The summed E-state index contributed by atoms with van der Waals surface area (Å²) in [5.41, 5.74) is 1.41. The molecule has 7 nitrogen and oxygen atoms in total. The molecule has 2 fully saturated rings. The third-order valence-corrected chi connectivity index (χ3v) is 7.04. The molecule has 0 radical (unpaired) electrons. The molecular formula is C29H35FN4O3. The number of carbonyl (C=O) groups is 2. The van der Waals surface area contributed by atoms with Crippen molar-refractivity contribution in [2.45, 2.75) is 76.5 Å². The summed E-state index contributed by atoms with van der Waals surface area (Å²) in [6.07, 6.45) is 4.09. The van der Waals surface area contributed by atoms with Crippen LogP contribution in [0.5, 0.6) is 0 Å². The smallest absolute Gasteiger partial charge is 0.408 e. The molecule has 1 unspecified atom stereocenters. The minimum atomic E-state index is -0.970. The summed E-state index contributed by atoms with van der Waals surface area (Å²) < 4.78 is 18.7. The number of alkyl carbamates (subject to hydrolysis) is 1. The third kappa shape index (κ3) is 6.40. The molecule has 4 rings (SSSR count). The largest absolute Gasteiger partial charge is 0.444 e. The van der Waals surface area contributed by atoms with Crippen molar-refractivity contribution in [3.63, 3.8) is 0 Å². The molecule has 0 aromatic heterocycles. The molecule has 1 heterocycles. The monoisotopic (exact) mass is 506 g/mol. The Morgan fingerprint density at radius 1 is 1.08 bits per heavy atom. The number of amides is 2. The van der Waals surface area contributed by atoms with Gasteiger partial charge in [-0.15, -0.1) is 0 Å². The molecule has 1 saturated heterocycles. The van der Waals surface area contributed by atoms with Crippen molar-refractivity contribution in [1.29, 1.82) is 5.26 Å². The number of hydrogen-bond donors (Lipinski definition) is 2. The lowest BCUT2D eigenvalue weighted by molar-refractivity contribution is -0.129. The van der Waals surface area contributed by atoms with E-state index in [2.05, 4.69) is 21.6 Å². The summed E-state index contributed by atoms with van der Waals surface area (Å²) in [6.45, 7) is 6.67. The fraction of sp³-hybridized carbons (Fsp3) is 0.483. The summed E-state index contributed by atoms with van der Waals surface area (Å²) in [4.78, 5) is 28.2. The van der Waals surface area contributed by atoms with Crippen molar-refractivity contribution in [2.24, 2.45) is 0 Å². The van der Waals surface area contributed by atoms with Crippen LogP contribution in [0.1, 0.15) is 64.9 Å². The molecule has 2 aromatic carbocycles. The second kappa shape index (κ2) is 10.8. The Balaban J connectivity index is 1.44. The van der Waals surface area contributed by atoms with Gasteiger partial charge in [-0.1, -0.05) is 37.5 Å². The highest BCUT2D eigenvalue weighted by Gasteiger charge is 2.43. The Labute approximate surface area is 218 Å². The zero-order valence-electron chi connectivity index (χ0n) is 21.8. The van der Waals surface area contributed by atoms with Gasteiger partial charge in [0.05, 0.1) is 11.3 Å². The van der Waals surface area contributed by atoms with Gasteiger partial charge in [-0.05, 0) is 75.4 Å². The van der Waals surface area contributed by atoms with E-state index in [1.807, 2.05) is 18.2 Å². The fourth-order valence-electron chi connectivity index (χ4n) is 5.21. The minimum absolute atomic E-state index is 0.102. The molecular weight excluding hydrogens is 471 g/mol. The van der Waals surface area contributed by atoms with Gasteiger partial charge in [0.2, 0.25) is 5.91 Å². The number of nitriles is 1. The third-order valence-electron chi connectivity index (χ3n) is 7.04. The van der Waals surface area contributed by atoms with Crippen LogP contribution in [0.25, 0.3) is 11.1 Å². The number of rotatable bonds is 5. The summed E-state index contributed by atoms with van der Waals surface area (Å²) >= 11 is 0. The number of halogens is 1. The molecule has 2 aliphatic rings. The van der Waals surface area contributed by atoms with Crippen LogP contribution in [0, 0.1) is 17.1 Å². The van der Waals surface area contributed by atoms with Gasteiger partial charge in [0, 0.05) is 19.1 Å². The number of hydrogen-bond acceptors (Lipinski definition) is 5. The molecule has 8 heteroatoms. The van der Waals surface area contributed by atoms with Crippen LogP contribution < -0.4 is 15.5 Å². The Kier molecular flexibility index (Phi) is 7.72. The average molecular weight is 507 g/mol. The van der Waals surface area contributed by atoms with Crippen molar-refractivity contribution >= 4 is 17.7 Å². The van der Waals surface area contributed by atoms with Crippen molar-refractivity contribution in [3.05, 3.63) is 53.8 Å². The quantitative estimate of drug-likeness (QED) is 0.575. The van der Waals surface area contributed by atoms with E-state index >= 15 is 0 Å². The van der Waals surface area contributed by atoms with Crippen molar-refractivity contribution < 1.29 is 18.7 Å². The predicted octanol–water partition coefficient (Wildman–Crippen LogP) is 5.29. The summed E-state index contributed by atoms with van der Waals surface area (Å²) in [7, 11) is 0. The number of benzene rings is 2. The second-order valence-electron chi connectivity index (χ2n) is 11.0. The van der Waals surface area contributed by atoms with Crippen molar-refractivity contribution in [2.75, 3.05) is 18.0 Å². The zero-order valence-corrected chi connectivity index (χ0v) is 21.8. The zero-order chi connectivity index (χ0) is 26.6. The first-order valence-electron chi connectivity index (χ1n) is 13.0. The lowest BCUT2D eigenvalue weighted by Crippen LogP contribution is -2.61. The highest BCUT2D eigenvalue weighted by Crippen LogP contribution is 2.32. The molecule has 37 heavy (non-hydrogen) atoms. The molecule has 2 aromatic rings. The number of carbonyl (C=O) groups excluding carboxylic acids is 2. The van der Waals surface area contributed by atoms with Crippen LogP contribution >= 0.6 is 0 Å². The number of ether oxygens (including phenoxy) is 1. The van der Waals surface area contributed by atoms with Crippen molar-refractivity contribution in [1.82, 2.24) is 10.6 Å². The normalized spacial score (nSPS) is 19.1. The average Bonchev–Trinajstić information content (AvgIpc) is 3.31. The lowest BCUT2D eigenvalue weighted by Gasteiger charge is -2.37. The number of anilines is 1. The molecule has 1 aliphatic carbocycles. The first kappa shape index (κ1) is 26.5. The molecule has 2 amide bonds. The molecule has 1 saturated carbocycles. The van der Waals surface area contributed by atoms with Gasteiger partial charge in [0.25, 0.3) is 0 Å². The fourth-order valence-corrected chi connectivity index (χ4v) is 5.21. The van der Waals surface area contributed by atoms with E-state index in [0.29, 0.717) is 31.5 Å². The van der Waals surface area contributed by atoms with E-state index in [9.17, 15) is 19.2 Å². The summed E-state index contributed by atoms with van der Waals surface area (Å²) in [5, 5.41) is 15.9. The molecule has 196 valence electrons. The second-order valence-corrected chi connectivity index (χ2v) is 11.0. The highest BCUT2D eigenvalue weighted by atomic mass is 19.1. The van der Waals surface area contributed by atoms with E-state index in [1.165, 1.54) is 12.1 Å². The van der Waals surface area contributed by atoms with E-state index < -0.39 is 17.2 Å². The van der Waals surface area contributed by atoms with Crippen LogP contribution in [-0.4, -0.2) is 42.3 Å². The molecule has 0 spiro atoms. The Morgan fingerprint density at radius 2 is 1.76 bits per heavy atom. The standard InChI is InChI=1S/C29H35FN4O3/c1-28(2,3)37-27(36)33-29(14-5-4-6-15-29)26(35)32-24-13-16-34(19-24)25-12-9-21(17-22(25)18-31)20-7-10-23(30)11-8-20/h7-12,17,24H,4-6,13-16,19H2,1-3H3,(H,32,35)(H,33,36). The van der Waals surface area contributed by atoms with Crippen molar-refractivity contribution in [3.8, 4) is 17.2 Å². The molecule has 2 N–H and O–H groups in total. The lowest BCUT2D eigenvalue weighted by atomic mass is 9.80. The SMILES string of the molecule is CC(C)(C)OC(=O)NC1(C(=O)NC2CCN(c3ccc(-c4ccc(F)cc4)cc3C#N)C2)CCCCC1. The number of nitrogens with one attached hydrogen (secondary N) is 2. The van der Waals surface area contributed by atoms with E-state index in [-0.39, 0.29) is 17.8 Å². The van der Waals surface area contributed by atoms with Gasteiger partial charge >= 0.3 is 6.09 Å². The van der Waals surface area contributed by atoms with Gasteiger partial charge in [-0.25, -0.2) is 9.18 Å². The van der Waals surface area contributed by atoms with E-state index in [4.69, 9.17) is 4.74 Å². The first-order chi connectivity index (χ1) is 17.6. The van der Waals surface area contributed by atoms with Crippen LogP contribution in [0.15, 0.2) is 42.5 Å². The predicted molar refractivity (Wildman–Crippen MR) is 140 cm³/mol. The maximum atomic E-state index is 13.5. The van der Waals surface area contributed by atoms with E-state index in [0.717, 1.165) is 42.5 Å². The van der Waals surface area contributed by atoms with E-state index in [1.54, 1.807) is 32.9 Å². The molecule has 1 aliphatic heterocycles. The van der Waals surface area contributed by atoms with Gasteiger partial charge < -0.3 is 20.3 Å². The topological polar surface area (TPSA) is 94.5 Å². The maximum Gasteiger partial charge on any atom is 0.408 e. The summed E-state index contributed by atoms with van der Waals surface area (Å²) in [6, 6.07) is 14.0. The van der Waals surface area contributed by atoms with Gasteiger partial charge in [0.15, 0.2) is 0 Å². The molecule has 0 bridgehead atoms. The first-order valence-corrected chi connectivity index (χ1v) is 13.0. The number of nitrogens with zero attached hydrogens (tertiary/aromatic N) is 2. The molecule has 1 atom stereocenters. The minimum Gasteiger partial charge on any atom is -0.444 e.